The molecule has 0 bridgehead atoms. The van der Waals surface area contributed by atoms with Crippen molar-refractivity contribution in [2.24, 2.45) is 5.92 Å². The summed E-state index contributed by atoms with van der Waals surface area (Å²) in [6, 6.07) is 12.7. The highest BCUT2D eigenvalue weighted by Gasteiger charge is 2.18. The quantitative estimate of drug-likeness (QED) is 0.820. The molecular weight excluding hydrogens is 316 g/mol. The molecule has 0 fully saturated rings. The van der Waals surface area contributed by atoms with E-state index in [-0.39, 0.29) is 0 Å². The Kier molecular flexibility index (Phi) is 5.30. The summed E-state index contributed by atoms with van der Waals surface area (Å²) in [5, 5.41) is 7.03. The lowest BCUT2D eigenvalue weighted by Gasteiger charge is -2.30. The summed E-state index contributed by atoms with van der Waals surface area (Å²) < 4.78 is 0. The highest BCUT2D eigenvalue weighted by atomic mass is 32.1. The van der Waals surface area contributed by atoms with Gasteiger partial charge in [0.15, 0.2) is 5.11 Å². The molecular formula is C19H24N4S. The van der Waals surface area contributed by atoms with Crippen LogP contribution in [0.3, 0.4) is 0 Å². The van der Waals surface area contributed by atoms with E-state index in [0.29, 0.717) is 11.0 Å². The number of rotatable bonds is 4. The first-order valence-corrected chi connectivity index (χ1v) is 8.90. The summed E-state index contributed by atoms with van der Waals surface area (Å²) in [6.07, 6.45) is 4.14. The average Bonchev–Trinajstić information content (AvgIpc) is 2.60. The Morgan fingerprint density at radius 1 is 1.25 bits per heavy atom. The maximum Gasteiger partial charge on any atom is 0.170 e. The van der Waals surface area contributed by atoms with Crippen molar-refractivity contribution in [2.75, 3.05) is 23.3 Å². The molecule has 0 saturated heterocycles. The molecule has 1 aromatic carbocycles. The number of aromatic nitrogens is 1. The van der Waals surface area contributed by atoms with Crippen LogP contribution in [0.4, 0.5) is 17.2 Å². The first-order valence-electron chi connectivity index (χ1n) is 8.50. The van der Waals surface area contributed by atoms with E-state index in [2.05, 4.69) is 64.7 Å². The van der Waals surface area contributed by atoms with Crippen molar-refractivity contribution in [3.63, 3.8) is 0 Å². The van der Waals surface area contributed by atoms with Crippen LogP contribution in [0, 0.1) is 5.92 Å². The lowest BCUT2D eigenvalue weighted by Crippen LogP contribution is -2.31. The second-order valence-electron chi connectivity index (χ2n) is 6.52. The molecule has 0 spiro atoms. The molecule has 2 N–H and O–H groups in total. The highest BCUT2D eigenvalue weighted by Crippen LogP contribution is 2.32. The number of fused-ring (bicyclic) bond motifs is 1. The summed E-state index contributed by atoms with van der Waals surface area (Å²) in [7, 11) is 0. The number of pyridine rings is 1. The Bertz CT molecular complexity index is 697. The van der Waals surface area contributed by atoms with Crippen LogP contribution in [0.5, 0.6) is 0 Å². The van der Waals surface area contributed by atoms with Crippen LogP contribution in [0.1, 0.15) is 25.8 Å². The number of hydrogen-bond donors (Lipinski definition) is 2. The predicted molar refractivity (Wildman–Crippen MR) is 105 cm³/mol. The normalized spacial score (nSPS) is 13.5. The van der Waals surface area contributed by atoms with Crippen molar-refractivity contribution < 1.29 is 0 Å². The number of benzene rings is 1. The Morgan fingerprint density at radius 3 is 2.83 bits per heavy atom. The van der Waals surface area contributed by atoms with E-state index in [0.717, 1.165) is 37.4 Å². The van der Waals surface area contributed by atoms with Gasteiger partial charge in [0.25, 0.3) is 0 Å². The van der Waals surface area contributed by atoms with Crippen LogP contribution in [-0.2, 0) is 6.42 Å². The molecule has 0 aliphatic carbocycles. The van der Waals surface area contributed by atoms with E-state index in [1.165, 1.54) is 11.3 Å². The number of aryl methyl sites for hydroxylation is 1. The summed E-state index contributed by atoms with van der Waals surface area (Å²) in [5.41, 5.74) is 3.57. The first kappa shape index (κ1) is 16.7. The van der Waals surface area contributed by atoms with Gasteiger partial charge in [-0.1, -0.05) is 32.0 Å². The zero-order valence-corrected chi connectivity index (χ0v) is 15.1. The molecule has 4 nitrogen and oxygen atoms in total. The van der Waals surface area contributed by atoms with E-state index >= 15 is 0 Å². The zero-order valence-electron chi connectivity index (χ0n) is 14.2. The molecule has 2 aromatic rings. The molecule has 0 radical (unpaired) electrons. The van der Waals surface area contributed by atoms with E-state index in [4.69, 9.17) is 12.2 Å². The van der Waals surface area contributed by atoms with Gasteiger partial charge < -0.3 is 15.5 Å². The smallest absolute Gasteiger partial charge is 0.170 e. The van der Waals surface area contributed by atoms with Gasteiger partial charge in [-0.3, -0.25) is 0 Å². The number of hydrogen-bond acceptors (Lipinski definition) is 3. The van der Waals surface area contributed by atoms with Gasteiger partial charge in [-0.2, -0.15) is 0 Å². The molecule has 0 saturated carbocycles. The summed E-state index contributed by atoms with van der Waals surface area (Å²) in [4.78, 5) is 6.92. The second kappa shape index (κ2) is 7.62. The van der Waals surface area contributed by atoms with Gasteiger partial charge in [-0.05, 0) is 54.7 Å². The summed E-state index contributed by atoms with van der Waals surface area (Å²) in [6.45, 7) is 6.18. The van der Waals surface area contributed by atoms with E-state index in [9.17, 15) is 0 Å². The Labute approximate surface area is 149 Å². The minimum atomic E-state index is 0.560. The van der Waals surface area contributed by atoms with Gasteiger partial charge in [0.2, 0.25) is 0 Å². The third kappa shape index (κ3) is 4.03. The second-order valence-corrected chi connectivity index (χ2v) is 6.93. The van der Waals surface area contributed by atoms with Crippen molar-refractivity contribution in [3.05, 3.63) is 48.2 Å². The fourth-order valence-electron chi connectivity index (χ4n) is 2.86. The lowest BCUT2D eigenvalue weighted by molar-refractivity contribution is 0.627. The van der Waals surface area contributed by atoms with Crippen LogP contribution in [0.25, 0.3) is 0 Å². The average molecular weight is 340 g/mol. The van der Waals surface area contributed by atoms with Crippen molar-refractivity contribution >= 4 is 34.5 Å². The maximum absolute atomic E-state index is 5.30. The van der Waals surface area contributed by atoms with Gasteiger partial charge in [0, 0.05) is 18.8 Å². The summed E-state index contributed by atoms with van der Waals surface area (Å²) in [5.74, 6) is 1.54. The molecule has 2 heterocycles. The fourth-order valence-corrected chi connectivity index (χ4v) is 3.06. The van der Waals surface area contributed by atoms with E-state index in [1.54, 1.807) is 0 Å². The van der Waals surface area contributed by atoms with Crippen molar-refractivity contribution in [2.45, 2.75) is 26.7 Å². The largest absolute Gasteiger partial charge is 0.362 e. The van der Waals surface area contributed by atoms with E-state index < -0.39 is 0 Å². The van der Waals surface area contributed by atoms with Gasteiger partial charge in [-0.25, -0.2) is 4.98 Å². The third-order valence-corrected chi connectivity index (χ3v) is 4.31. The minimum Gasteiger partial charge on any atom is -0.362 e. The monoisotopic (exact) mass is 340 g/mol. The zero-order chi connectivity index (χ0) is 16.9. The first-order chi connectivity index (χ1) is 11.6. The molecule has 1 aliphatic heterocycles. The molecule has 3 rings (SSSR count). The number of anilines is 3. The van der Waals surface area contributed by atoms with Crippen LogP contribution >= 0.6 is 12.2 Å². The standard InChI is InChI=1S/C19H24N4S/c1-14(2)12-21-19(24)22-16-9-10-18(20-13-16)23-11-5-7-15-6-3-4-8-17(15)23/h3-4,6,8-10,13-14H,5,7,11-12H2,1-2H3,(H2,21,22,24). The predicted octanol–water partition coefficient (Wildman–Crippen LogP) is 4.11. The Morgan fingerprint density at radius 2 is 2.08 bits per heavy atom. The number of para-hydroxylation sites is 1. The molecule has 1 aromatic heterocycles. The third-order valence-electron chi connectivity index (χ3n) is 4.06. The van der Waals surface area contributed by atoms with Crippen LogP contribution in [0.15, 0.2) is 42.6 Å². The Balaban J connectivity index is 1.68. The van der Waals surface area contributed by atoms with Crippen LogP contribution in [-0.4, -0.2) is 23.2 Å². The van der Waals surface area contributed by atoms with Crippen LogP contribution < -0.4 is 15.5 Å². The van der Waals surface area contributed by atoms with Crippen molar-refractivity contribution in [1.29, 1.82) is 0 Å². The molecule has 5 heteroatoms. The number of nitrogens with one attached hydrogen (secondary N) is 2. The molecule has 0 unspecified atom stereocenters. The summed E-state index contributed by atoms with van der Waals surface area (Å²) >= 11 is 5.30. The van der Waals surface area contributed by atoms with Gasteiger partial charge in [-0.15, -0.1) is 0 Å². The van der Waals surface area contributed by atoms with Crippen molar-refractivity contribution in [1.82, 2.24) is 10.3 Å². The topological polar surface area (TPSA) is 40.2 Å². The van der Waals surface area contributed by atoms with Crippen LogP contribution in [0.2, 0.25) is 0 Å². The SMILES string of the molecule is CC(C)CNC(=S)Nc1ccc(N2CCCc3ccccc32)nc1. The fraction of sp³-hybridized carbons (Fsp3) is 0.368. The van der Waals surface area contributed by atoms with Gasteiger partial charge in [0.1, 0.15) is 5.82 Å². The molecule has 0 amide bonds. The Hall–Kier alpha value is -2.14. The maximum atomic E-state index is 5.30. The molecule has 1 aliphatic rings. The number of nitrogens with zero attached hydrogens (tertiary/aromatic N) is 2. The molecule has 0 atom stereocenters. The number of thiocarbonyl (C=S) groups is 1. The molecule has 126 valence electrons. The van der Waals surface area contributed by atoms with Crippen molar-refractivity contribution in [3.8, 4) is 0 Å². The highest BCUT2D eigenvalue weighted by molar-refractivity contribution is 7.80. The van der Waals surface area contributed by atoms with Gasteiger partial charge >= 0.3 is 0 Å². The minimum absolute atomic E-state index is 0.560. The molecule has 24 heavy (non-hydrogen) atoms. The van der Waals surface area contributed by atoms with Gasteiger partial charge in [0.05, 0.1) is 11.9 Å². The lowest BCUT2D eigenvalue weighted by atomic mass is 10.0. The van der Waals surface area contributed by atoms with E-state index in [1.807, 2.05) is 12.3 Å².